The van der Waals surface area contributed by atoms with E-state index in [1.807, 2.05) is 50.2 Å². The zero-order chi connectivity index (χ0) is 20.1. The fourth-order valence-electron chi connectivity index (χ4n) is 3.20. The fourth-order valence-corrected chi connectivity index (χ4v) is 3.20. The molecule has 1 amide bonds. The van der Waals surface area contributed by atoms with E-state index >= 15 is 0 Å². The number of carbonyl (C=O) groups is 1. The number of nitrogens with zero attached hydrogens (tertiary/aromatic N) is 3. The first-order valence-corrected chi connectivity index (χ1v) is 9.39. The van der Waals surface area contributed by atoms with Gasteiger partial charge in [-0.25, -0.2) is 4.98 Å². The molecule has 0 atom stereocenters. The van der Waals surface area contributed by atoms with E-state index in [2.05, 4.69) is 4.98 Å². The number of aryl methyl sites for hydroxylation is 2. The van der Waals surface area contributed by atoms with Crippen LogP contribution in [0.1, 0.15) is 24.5 Å². The van der Waals surface area contributed by atoms with Crippen molar-refractivity contribution in [3.8, 4) is 5.75 Å². The van der Waals surface area contributed by atoms with Gasteiger partial charge in [-0.2, -0.15) is 0 Å². The molecule has 6 nitrogen and oxygen atoms in total. The number of carbonyl (C=O) groups excluding carboxylic acids is 1. The van der Waals surface area contributed by atoms with E-state index in [9.17, 15) is 9.59 Å². The van der Waals surface area contributed by atoms with E-state index in [0.29, 0.717) is 30.5 Å². The first-order valence-electron chi connectivity index (χ1n) is 9.39. The molecular formula is C22H25N3O3. The maximum Gasteiger partial charge on any atom is 0.261 e. The number of hydrogen-bond acceptors (Lipinski definition) is 4. The van der Waals surface area contributed by atoms with E-state index in [4.69, 9.17) is 4.74 Å². The molecular weight excluding hydrogens is 354 g/mol. The predicted octanol–water partition coefficient (Wildman–Crippen LogP) is 3.15. The summed E-state index contributed by atoms with van der Waals surface area (Å²) < 4.78 is 6.68. The molecule has 0 N–H and O–H groups in total. The molecule has 0 spiro atoms. The first kappa shape index (κ1) is 19.6. The molecule has 1 heterocycles. The van der Waals surface area contributed by atoms with Gasteiger partial charge in [0, 0.05) is 26.1 Å². The van der Waals surface area contributed by atoms with Gasteiger partial charge in [0.25, 0.3) is 5.56 Å². The molecule has 0 aliphatic heterocycles. The molecule has 146 valence electrons. The topological polar surface area (TPSA) is 64.4 Å². The molecule has 0 aliphatic rings. The summed E-state index contributed by atoms with van der Waals surface area (Å²) in [6.45, 7) is 5.33. The third-order valence-electron chi connectivity index (χ3n) is 4.89. The van der Waals surface area contributed by atoms with Gasteiger partial charge in [-0.1, -0.05) is 24.3 Å². The maximum absolute atomic E-state index is 12.7. The lowest BCUT2D eigenvalue weighted by Crippen LogP contribution is -2.32. The molecule has 0 aliphatic carbocycles. The Kier molecular flexibility index (Phi) is 6.09. The lowest BCUT2D eigenvalue weighted by molar-refractivity contribution is -0.131. The molecule has 1 aromatic heterocycles. The van der Waals surface area contributed by atoms with Crippen LogP contribution in [-0.2, 0) is 17.9 Å². The van der Waals surface area contributed by atoms with Crippen molar-refractivity contribution in [3.63, 3.8) is 0 Å². The highest BCUT2D eigenvalue weighted by Gasteiger charge is 2.13. The predicted molar refractivity (Wildman–Crippen MR) is 109 cm³/mol. The SMILES string of the molecule is CCN(Cc1ccc(OC)cc1)C(=O)CCn1cnc2c(C)cccc2c1=O. The molecule has 0 saturated heterocycles. The van der Waals surface area contributed by atoms with Gasteiger partial charge in [0.05, 0.1) is 24.3 Å². The number of hydrogen-bond donors (Lipinski definition) is 0. The van der Waals surface area contributed by atoms with Gasteiger partial charge < -0.3 is 9.64 Å². The number of benzene rings is 2. The average molecular weight is 379 g/mol. The van der Waals surface area contributed by atoms with Crippen LogP contribution in [0.4, 0.5) is 0 Å². The lowest BCUT2D eigenvalue weighted by Gasteiger charge is -2.21. The number of methoxy groups -OCH3 is 1. The van der Waals surface area contributed by atoms with E-state index in [0.717, 1.165) is 16.9 Å². The second-order valence-electron chi connectivity index (χ2n) is 6.72. The van der Waals surface area contributed by atoms with Crippen LogP contribution < -0.4 is 10.3 Å². The summed E-state index contributed by atoms with van der Waals surface area (Å²) in [4.78, 5) is 31.5. The summed E-state index contributed by atoms with van der Waals surface area (Å²) in [6, 6.07) is 13.2. The van der Waals surface area contributed by atoms with Gasteiger partial charge in [-0.15, -0.1) is 0 Å². The minimum Gasteiger partial charge on any atom is -0.497 e. The molecule has 0 fully saturated rings. The molecule has 0 saturated carbocycles. The lowest BCUT2D eigenvalue weighted by atomic mass is 10.1. The Labute approximate surface area is 164 Å². The Morgan fingerprint density at radius 2 is 1.93 bits per heavy atom. The van der Waals surface area contributed by atoms with E-state index in [1.165, 1.54) is 10.9 Å². The van der Waals surface area contributed by atoms with E-state index in [1.54, 1.807) is 18.1 Å². The summed E-state index contributed by atoms with van der Waals surface area (Å²) in [6.07, 6.45) is 1.79. The van der Waals surface area contributed by atoms with Gasteiger partial charge >= 0.3 is 0 Å². The van der Waals surface area contributed by atoms with Crippen LogP contribution in [0.3, 0.4) is 0 Å². The second kappa shape index (κ2) is 8.69. The Balaban J connectivity index is 1.68. The largest absolute Gasteiger partial charge is 0.497 e. The van der Waals surface area contributed by atoms with Crippen LogP contribution in [0.25, 0.3) is 10.9 Å². The van der Waals surface area contributed by atoms with Crippen molar-refractivity contribution in [1.82, 2.24) is 14.5 Å². The maximum atomic E-state index is 12.7. The minimum atomic E-state index is -0.111. The monoisotopic (exact) mass is 379 g/mol. The van der Waals surface area contributed by atoms with Crippen molar-refractivity contribution in [2.75, 3.05) is 13.7 Å². The summed E-state index contributed by atoms with van der Waals surface area (Å²) >= 11 is 0. The van der Waals surface area contributed by atoms with Crippen molar-refractivity contribution in [2.24, 2.45) is 0 Å². The van der Waals surface area contributed by atoms with Crippen molar-refractivity contribution in [3.05, 3.63) is 70.3 Å². The van der Waals surface area contributed by atoms with Crippen LogP contribution in [0.2, 0.25) is 0 Å². The highest BCUT2D eigenvalue weighted by Crippen LogP contribution is 2.14. The Morgan fingerprint density at radius 1 is 1.18 bits per heavy atom. The zero-order valence-corrected chi connectivity index (χ0v) is 16.5. The first-order chi connectivity index (χ1) is 13.5. The third-order valence-corrected chi connectivity index (χ3v) is 4.89. The number of rotatable bonds is 7. The number of aromatic nitrogens is 2. The Hall–Kier alpha value is -3.15. The summed E-state index contributed by atoms with van der Waals surface area (Å²) in [5.41, 5.74) is 2.61. The standard InChI is InChI=1S/C22H25N3O3/c1-4-24(14-17-8-10-18(28-3)11-9-17)20(26)12-13-25-15-23-21-16(2)6-5-7-19(21)22(25)27/h5-11,15H,4,12-14H2,1-3H3. The summed E-state index contributed by atoms with van der Waals surface area (Å²) in [5.74, 6) is 0.797. The second-order valence-corrected chi connectivity index (χ2v) is 6.72. The molecule has 0 radical (unpaired) electrons. The average Bonchev–Trinajstić information content (AvgIpc) is 2.72. The smallest absolute Gasteiger partial charge is 0.261 e. The molecule has 2 aromatic carbocycles. The van der Waals surface area contributed by atoms with Gasteiger partial charge in [0.2, 0.25) is 5.91 Å². The number of fused-ring (bicyclic) bond motifs is 1. The molecule has 28 heavy (non-hydrogen) atoms. The van der Waals surface area contributed by atoms with Gasteiger partial charge in [0.1, 0.15) is 5.75 Å². The zero-order valence-electron chi connectivity index (χ0n) is 16.5. The van der Waals surface area contributed by atoms with Crippen molar-refractivity contribution >= 4 is 16.8 Å². The normalized spacial score (nSPS) is 10.8. The molecule has 0 bridgehead atoms. The highest BCUT2D eigenvalue weighted by atomic mass is 16.5. The molecule has 6 heteroatoms. The van der Waals surface area contributed by atoms with Crippen LogP contribution in [0.5, 0.6) is 5.75 Å². The minimum absolute atomic E-state index is 0.00885. The van der Waals surface area contributed by atoms with E-state index in [-0.39, 0.29) is 17.9 Å². The third kappa shape index (κ3) is 4.22. The summed E-state index contributed by atoms with van der Waals surface area (Å²) in [5, 5.41) is 0.584. The summed E-state index contributed by atoms with van der Waals surface area (Å²) in [7, 11) is 1.63. The van der Waals surface area contributed by atoms with Crippen LogP contribution in [-0.4, -0.2) is 34.0 Å². The number of para-hydroxylation sites is 1. The molecule has 0 unspecified atom stereocenters. The quantitative estimate of drug-likeness (QED) is 0.633. The van der Waals surface area contributed by atoms with Crippen LogP contribution >= 0.6 is 0 Å². The number of amides is 1. The van der Waals surface area contributed by atoms with Gasteiger partial charge in [-0.05, 0) is 43.2 Å². The van der Waals surface area contributed by atoms with Crippen LogP contribution in [0.15, 0.2) is 53.6 Å². The van der Waals surface area contributed by atoms with Crippen molar-refractivity contribution < 1.29 is 9.53 Å². The van der Waals surface area contributed by atoms with Crippen molar-refractivity contribution in [2.45, 2.75) is 33.4 Å². The Bertz CT molecular complexity index is 1030. The van der Waals surface area contributed by atoms with Crippen molar-refractivity contribution in [1.29, 1.82) is 0 Å². The highest BCUT2D eigenvalue weighted by molar-refractivity contribution is 5.80. The molecule has 3 rings (SSSR count). The van der Waals surface area contributed by atoms with E-state index < -0.39 is 0 Å². The van der Waals surface area contributed by atoms with Gasteiger partial charge in [-0.3, -0.25) is 14.2 Å². The molecule has 3 aromatic rings. The Morgan fingerprint density at radius 3 is 2.61 bits per heavy atom. The van der Waals surface area contributed by atoms with Crippen LogP contribution in [0, 0.1) is 6.92 Å². The fraction of sp³-hybridized carbons (Fsp3) is 0.318. The number of ether oxygens (including phenoxy) is 1. The van der Waals surface area contributed by atoms with Gasteiger partial charge in [0.15, 0.2) is 0 Å².